The first kappa shape index (κ1) is 15.1. The first-order chi connectivity index (χ1) is 9.26. The number of hydrogen-bond acceptors (Lipinski definition) is 3. The van der Waals surface area contributed by atoms with E-state index >= 15 is 0 Å². The van der Waals surface area contributed by atoms with Crippen LogP contribution in [0.4, 0.5) is 13.2 Å². The molecule has 1 heterocycles. The van der Waals surface area contributed by atoms with Gasteiger partial charge in [-0.2, -0.15) is 0 Å². The molecule has 0 radical (unpaired) electrons. The number of rotatable bonds is 3. The molecule has 2 nitrogen and oxygen atoms in total. The minimum atomic E-state index is -4.74. The second kappa shape index (κ2) is 5.57. The minimum absolute atomic E-state index is 0.242. The zero-order valence-corrected chi connectivity index (χ0v) is 12.5. The summed E-state index contributed by atoms with van der Waals surface area (Å²) in [5.41, 5.74) is 0.307. The monoisotopic (exact) mass is 364 g/mol. The summed E-state index contributed by atoms with van der Waals surface area (Å²) < 4.78 is 40.5. The van der Waals surface area contributed by atoms with Crippen molar-refractivity contribution in [3.8, 4) is 5.75 Å². The van der Waals surface area contributed by atoms with Crippen molar-refractivity contribution in [3.63, 3.8) is 0 Å². The maximum atomic E-state index is 12.2. The zero-order chi connectivity index (χ0) is 14.9. The van der Waals surface area contributed by atoms with Crippen molar-refractivity contribution >= 4 is 33.0 Å². The van der Waals surface area contributed by atoms with Gasteiger partial charge in [-0.05, 0) is 53.2 Å². The molecule has 0 fully saturated rings. The van der Waals surface area contributed by atoms with E-state index in [2.05, 4.69) is 20.7 Å². The number of aryl methyl sites for hydroxylation is 1. The average molecular weight is 365 g/mol. The van der Waals surface area contributed by atoms with Crippen molar-refractivity contribution in [2.24, 2.45) is 0 Å². The summed E-state index contributed by atoms with van der Waals surface area (Å²) in [6.07, 6.45) is -4.74. The highest BCUT2D eigenvalue weighted by Crippen LogP contribution is 2.30. The third kappa shape index (κ3) is 3.61. The molecule has 0 aliphatic heterocycles. The van der Waals surface area contributed by atoms with E-state index in [9.17, 15) is 18.0 Å². The number of carbonyl (C=O) groups is 1. The molecule has 0 aliphatic rings. The van der Waals surface area contributed by atoms with Crippen molar-refractivity contribution in [1.82, 2.24) is 0 Å². The molecular weight excluding hydrogens is 357 g/mol. The van der Waals surface area contributed by atoms with Crippen LogP contribution in [0.3, 0.4) is 0 Å². The normalized spacial score (nSPS) is 11.4. The number of alkyl halides is 3. The Morgan fingerprint density at radius 1 is 1.25 bits per heavy atom. The second-order valence-corrected chi connectivity index (χ2v) is 6.05. The fourth-order valence-electron chi connectivity index (χ4n) is 1.58. The van der Waals surface area contributed by atoms with Gasteiger partial charge in [-0.3, -0.25) is 4.79 Å². The van der Waals surface area contributed by atoms with Gasteiger partial charge < -0.3 is 4.74 Å². The average Bonchev–Trinajstić information content (AvgIpc) is 2.66. The van der Waals surface area contributed by atoms with E-state index in [1.54, 1.807) is 0 Å². The van der Waals surface area contributed by atoms with Gasteiger partial charge in [0.2, 0.25) is 5.78 Å². The first-order valence-corrected chi connectivity index (χ1v) is 7.03. The molecule has 2 rings (SSSR count). The van der Waals surface area contributed by atoms with E-state index in [4.69, 9.17) is 0 Å². The Balaban J connectivity index is 2.22. The van der Waals surface area contributed by atoms with Crippen LogP contribution in [0.2, 0.25) is 0 Å². The van der Waals surface area contributed by atoms with Gasteiger partial charge in [0.25, 0.3) is 0 Å². The number of benzene rings is 1. The van der Waals surface area contributed by atoms with E-state index in [1.165, 1.54) is 23.5 Å². The van der Waals surface area contributed by atoms with Crippen LogP contribution in [0.1, 0.15) is 20.1 Å². The van der Waals surface area contributed by atoms with E-state index in [0.29, 0.717) is 14.9 Å². The van der Waals surface area contributed by atoms with Crippen molar-refractivity contribution in [2.45, 2.75) is 13.3 Å². The van der Waals surface area contributed by atoms with Gasteiger partial charge in [0.1, 0.15) is 5.75 Å². The van der Waals surface area contributed by atoms with Crippen LogP contribution in [-0.4, -0.2) is 12.1 Å². The maximum Gasteiger partial charge on any atom is 0.573 e. The Bertz CT molecular complexity index is 632. The van der Waals surface area contributed by atoms with Gasteiger partial charge in [-0.15, -0.1) is 24.5 Å². The Morgan fingerprint density at radius 2 is 1.85 bits per heavy atom. The maximum absolute atomic E-state index is 12.2. The number of hydrogen-bond donors (Lipinski definition) is 0. The number of carbonyl (C=O) groups excluding carboxylic acids is 1. The molecule has 1 aromatic heterocycles. The summed E-state index contributed by atoms with van der Waals surface area (Å²) >= 11 is 4.61. The summed E-state index contributed by atoms with van der Waals surface area (Å²) in [6.45, 7) is 1.87. The molecule has 0 N–H and O–H groups in total. The molecule has 7 heteroatoms. The number of ether oxygens (including phenoxy) is 1. The molecule has 0 spiro atoms. The third-order valence-corrected chi connectivity index (χ3v) is 4.30. The van der Waals surface area contributed by atoms with Gasteiger partial charge in [-0.25, -0.2) is 0 Å². The second-order valence-electron chi connectivity index (χ2n) is 3.94. The van der Waals surface area contributed by atoms with E-state index in [0.717, 1.165) is 17.0 Å². The van der Waals surface area contributed by atoms with Gasteiger partial charge in [0, 0.05) is 14.9 Å². The topological polar surface area (TPSA) is 26.3 Å². The quantitative estimate of drug-likeness (QED) is 0.720. The predicted molar refractivity (Wildman–Crippen MR) is 73.3 cm³/mol. The number of halogens is 4. The Morgan fingerprint density at radius 3 is 2.30 bits per heavy atom. The lowest BCUT2D eigenvalue weighted by Gasteiger charge is -2.08. The van der Waals surface area contributed by atoms with Crippen LogP contribution in [0.15, 0.2) is 34.8 Å². The van der Waals surface area contributed by atoms with Crippen LogP contribution in [0.5, 0.6) is 5.75 Å². The molecule has 20 heavy (non-hydrogen) atoms. The van der Waals surface area contributed by atoms with Gasteiger partial charge >= 0.3 is 6.36 Å². The molecule has 0 atom stereocenters. The molecular formula is C13H8BrF3O2S. The molecule has 1 aromatic carbocycles. The van der Waals surface area contributed by atoms with Gasteiger partial charge in [0.15, 0.2) is 0 Å². The molecule has 2 aromatic rings. The van der Waals surface area contributed by atoms with Crippen LogP contribution in [-0.2, 0) is 0 Å². The highest BCUT2D eigenvalue weighted by atomic mass is 79.9. The predicted octanol–water partition coefficient (Wildman–Crippen LogP) is 4.95. The van der Waals surface area contributed by atoms with Crippen LogP contribution in [0.25, 0.3) is 0 Å². The fraction of sp³-hybridized carbons (Fsp3) is 0.154. The fourth-order valence-corrected chi connectivity index (χ4v) is 3.36. The number of thiophene rings is 1. The molecule has 0 bridgehead atoms. The summed E-state index contributed by atoms with van der Waals surface area (Å²) in [6, 6.07) is 6.68. The van der Waals surface area contributed by atoms with Crippen molar-refractivity contribution in [2.75, 3.05) is 0 Å². The van der Waals surface area contributed by atoms with Crippen molar-refractivity contribution in [3.05, 3.63) is 50.1 Å². The molecule has 0 saturated heterocycles. The highest BCUT2D eigenvalue weighted by molar-refractivity contribution is 9.10. The van der Waals surface area contributed by atoms with E-state index in [-0.39, 0.29) is 11.5 Å². The summed E-state index contributed by atoms with van der Waals surface area (Å²) in [7, 11) is 0. The van der Waals surface area contributed by atoms with Crippen molar-refractivity contribution < 1.29 is 22.7 Å². The zero-order valence-electron chi connectivity index (χ0n) is 10.1. The number of ketones is 1. The first-order valence-electron chi connectivity index (χ1n) is 5.43. The molecule has 0 saturated carbocycles. The SMILES string of the molecule is Cc1cc(Br)c(C(=O)c2ccc(OC(F)(F)F)cc2)s1. The summed E-state index contributed by atoms with van der Waals surface area (Å²) in [5.74, 6) is -0.594. The standard InChI is InChI=1S/C13H8BrF3O2S/c1-7-6-10(14)12(20-7)11(18)8-2-4-9(5-3-8)19-13(15,16)17/h2-6H,1H3. The van der Waals surface area contributed by atoms with E-state index < -0.39 is 6.36 Å². The highest BCUT2D eigenvalue weighted by Gasteiger charge is 2.31. The largest absolute Gasteiger partial charge is 0.573 e. The van der Waals surface area contributed by atoms with Crippen LogP contribution >= 0.6 is 27.3 Å². The minimum Gasteiger partial charge on any atom is -0.406 e. The molecule has 106 valence electrons. The van der Waals surface area contributed by atoms with Gasteiger partial charge in [0.05, 0.1) is 4.88 Å². The molecule has 0 aliphatic carbocycles. The molecule has 0 amide bonds. The third-order valence-electron chi connectivity index (χ3n) is 2.37. The van der Waals surface area contributed by atoms with E-state index in [1.807, 2.05) is 13.0 Å². The summed E-state index contributed by atoms with van der Waals surface area (Å²) in [4.78, 5) is 13.7. The van der Waals surface area contributed by atoms with Crippen molar-refractivity contribution in [1.29, 1.82) is 0 Å². The lowest BCUT2D eigenvalue weighted by molar-refractivity contribution is -0.274. The van der Waals surface area contributed by atoms with Crippen LogP contribution < -0.4 is 4.74 Å². The smallest absolute Gasteiger partial charge is 0.406 e. The van der Waals surface area contributed by atoms with Gasteiger partial charge in [-0.1, -0.05) is 0 Å². The van der Waals surface area contributed by atoms with Crippen LogP contribution in [0, 0.1) is 6.92 Å². The Kier molecular flexibility index (Phi) is 4.19. The molecule has 0 unspecified atom stereocenters. The Labute approximate surface area is 125 Å². The summed E-state index contributed by atoms with van der Waals surface area (Å²) in [5, 5.41) is 0. The Hall–Kier alpha value is -1.34. The lowest BCUT2D eigenvalue weighted by atomic mass is 10.1. The lowest BCUT2D eigenvalue weighted by Crippen LogP contribution is -2.17.